The number of alkyl halides is 3. The van der Waals surface area contributed by atoms with Crippen molar-refractivity contribution in [2.24, 2.45) is 5.41 Å². The van der Waals surface area contributed by atoms with E-state index in [1.54, 1.807) is 0 Å². The number of aryl methyl sites for hydroxylation is 1. The van der Waals surface area contributed by atoms with Crippen molar-refractivity contribution in [1.82, 2.24) is 15.4 Å². The maximum absolute atomic E-state index is 13.2. The number of amides is 1. The molecular weight excluding hydrogens is 383 g/mol. The molecule has 0 unspecified atom stereocenters. The van der Waals surface area contributed by atoms with E-state index in [4.69, 9.17) is 5.26 Å². The second-order valence-electron chi connectivity index (χ2n) is 7.71. The highest BCUT2D eigenvalue weighted by Gasteiger charge is 2.34. The zero-order valence-corrected chi connectivity index (χ0v) is 16.4. The number of carbonyl (C=O) groups is 1. The van der Waals surface area contributed by atoms with Crippen molar-refractivity contribution < 1.29 is 18.0 Å². The second kappa shape index (κ2) is 8.90. The van der Waals surface area contributed by atoms with E-state index in [9.17, 15) is 18.0 Å². The van der Waals surface area contributed by atoms with Gasteiger partial charge in [-0.05, 0) is 17.4 Å². The Hall–Kier alpha value is -3.15. The number of nitrogens with one attached hydrogen (secondary N) is 1. The van der Waals surface area contributed by atoms with Crippen LogP contribution >= 0.6 is 0 Å². The highest BCUT2D eigenvalue weighted by atomic mass is 19.4. The molecule has 0 spiro atoms. The van der Waals surface area contributed by atoms with Gasteiger partial charge in [-0.1, -0.05) is 51.1 Å². The molecule has 1 aromatic heterocycles. The van der Waals surface area contributed by atoms with Gasteiger partial charge in [0.1, 0.15) is 6.07 Å². The Balaban J connectivity index is 2.26. The predicted molar refractivity (Wildman–Crippen MR) is 101 cm³/mol. The number of hydrogen-bond acceptors (Lipinski definition) is 5. The molecule has 6 nitrogen and oxygen atoms in total. The molecule has 2 aromatic rings. The number of hydrogen-bond donors (Lipinski definition) is 1. The van der Waals surface area contributed by atoms with E-state index in [1.165, 1.54) is 11.1 Å². The van der Waals surface area contributed by atoms with Crippen LogP contribution in [-0.2, 0) is 17.4 Å². The van der Waals surface area contributed by atoms with Gasteiger partial charge in [0.05, 0.1) is 0 Å². The summed E-state index contributed by atoms with van der Waals surface area (Å²) in [5, 5.41) is 10.3. The quantitative estimate of drug-likeness (QED) is 0.738. The zero-order chi connectivity index (χ0) is 21.7. The number of benzene rings is 1. The van der Waals surface area contributed by atoms with E-state index in [2.05, 4.69) is 15.4 Å². The van der Waals surface area contributed by atoms with Gasteiger partial charge in [-0.25, -0.2) is 4.98 Å². The molecule has 0 fully saturated rings. The van der Waals surface area contributed by atoms with Crippen molar-refractivity contribution in [2.75, 3.05) is 11.6 Å². The lowest BCUT2D eigenvalue weighted by Gasteiger charge is -2.31. The first kappa shape index (κ1) is 22.1. The first-order valence-electron chi connectivity index (χ1n) is 8.95. The fourth-order valence-electron chi connectivity index (χ4n) is 2.53. The molecule has 9 heteroatoms. The summed E-state index contributed by atoms with van der Waals surface area (Å²) in [6, 6.07) is 11.6. The minimum absolute atomic E-state index is 0.146. The van der Waals surface area contributed by atoms with E-state index in [0.717, 1.165) is 11.6 Å². The van der Waals surface area contributed by atoms with Crippen LogP contribution in [0.1, 0.15) is 44.3 Å². The molecule has 1 amide bonds. The Morgan fingerprint density at radius 2 is 1.83 bits per heavy atom. The van der Waals surface area contributed by atoms with E-state index in [1.807, 2.05) is 51.1 Å². The summed E-state index contributed by atoms with van der Waals surface area (Å²) in [7, 11) is 0. The summed E-state index contributed by atoms with van der Waals surface area (Å²) in [6.45, 7) is 5.79. The molecule has 0 aliphatic rings. The number of aromatic nitrogens is 2. The molecule has 0 radical (unpaired) electrons. The predicted octanol–water partition coefficient (Wildman–Crippen LogP) is 3.88. The fourth-order valence-corrected chi connectivity index (χ4v) is 2.53. The van der Waals surface area contributed by atoms with E-state index < -0.39 is 17.7 Å². The summed E-state index contributed by atoms with van der Waals surface area (Å²) in [6.07, 6.45) is -4.11. The maximum Gasteiger partial charge on any atom is 0.433 e. The third kappa shape index (κ3) is 7.07. The second-order valence-corrected chi connectivity index (χ2v) is 7.71. The van der Waals surface area contributed by atoms with E-state index in [0.29, 0.717) is 6.42 Å². The first-order valence-corrected chi connectivity index (χ1v) is 8.95. The summed E-state index contributed by atoms with van der Waals surface area (Å²) < 4.78 is 39.5. The van der Waals surface area contributed by atoms with Crippen LogP contribution in [0.3, 0.4) is 0 Å². The minimum atomic E-state index is -4.74. The number of carbonyl (C=O) groups excluding carboxylic acids is 1. The minimum Gasteiger partial charge on any atom is -0.273 e. The van der Waals surface area contributed by atoms with Gasteiger partial charge in [0.15, 0.2) is 11.5 Å². The number of hydrazine groups is 1. The average molecular weight is 405 g/mol. The van der Waals surface area contributed by atoms with Crippen LogP contribution < -0.4 is 10.4 Å². The van der Waals surface area contributed by atoms with E-state index >= 15 is 0 Å². The van der Waals surface area contributed by atoms with Crippen molar-refractivity contribution in [1.29, 1.82) is 5.26 Å². The third-order valence-corrected chi connectivity index (χ3v) is 3.76. The van der Waals surface area contributed by atoms with Crippen LogP contribution in [0.15, 0.2) is 36.4 Å². The summed E-state index contributed by atoms with van der Waals surface area (Å²) in [5.74, 6) is -1.18. The SMILES string of the molecule is CC(C)(C)CN(NC(=O)CCc1ccccc1)c1cc(C(F)(F)F)nc(C#N)n1. The Bertz CT molecular complexity index is 886. The van der Waals surface area contributed by atoms with Crippen molar-refractivity contribution >= 4 is 11.7 Å². The molecule has 29 heavy (non-hydrogen) atoms. The monoisotopic (exact) mass is 405 g/mol. The van der Waals surface area contributed by atoms with Crippen LogP contribution in [0.5, 0.6) is 0 Å². The molecular formula is C20H22F3N5O. The van der Waals surface area contributed by atoms with Gasteiger partial charge in [0, 0.05) is 19.0 Å². The van der Waals surface area contributed by atoms with Crippen LogP contribution in [-0.4, -0.2) is 22.4 Å². The van der Waals surface area contributed by atoms with Gasteiger partial charge in [-0.3, -0.25) is 15.2 Å². The average Bonchev–Trinajstić information content (AvgIpc) is 2.64. The Labute approximate surface area is 167 Å². The van der Waals surface area contributed by atoms with Gasteiger partial charge >= 0.3 is 6.18 Å². The summed E-state index contributed by atoms with van der Waals surface area (Å²) in [5.41, 5.74) is 1.98. The lowest BCUT2D eigenvalue weighted by Crippen LogP contribution is -2.47. The molecule has 1 heterocycles. The van der Waals surface area contributed by atoms with Gasteiger partial charge in [0.25, 0.3) is 0 Å². The molecule has 0 saturated heterocycles. The maximum atomic E-state index is 13.2. The van der Waals surface area contributed by atoms with Crippen molar-refractivity contribution in [3.05, 3.63) is 53.5 Å². The van der Waals surface area contributed by atoms with Crippen molar-refractivity contribution in [2.45, 2.75) is 39.8 Å². The standard InChI is InChI=1S/C20H22F3N5O/c1-19(2,3)13-28(27-18(29)10-9-14-7-5-4-6-8-14)17-11-15(20(21,22)23)25-16(12-24)26-17/h4-8,11H,9-10,13H2,1-3H3,(H,27,29). The van der Waals surface area contributed by atoms with Crippen LogP contribution in [0.25, 0.3) is 0 Å². The van der Waals surface area contributed by atoms with Gasteiger partial charge in [-0.2, -0.15) is 23.4 Å². The first-order chi connectivity index (χ1) is 13.5. The molecule has 0 aliphatic heterocycles. The molecule has 0 saturated carbocycles. The number of anilines is 1. The Morgan fingerprint density at radius 1 is 1.17 bits per heavy atom. The third-order valence-electron chi connectivity index (χ3n) is 3.76. The molecule has 0 atom stereocenters. The number of nitriles is 1. The molecule has 0 aliphatic carbocycles. The van der Waals surface area contributed by atoms with Crippen LogP contribution in [0, 0.1) is 16.7 Å². The molecule has 2 rings (SSSR count). The molecule has 1 N–H and O–H groups in total. The highest BCUT2D eigenvalue weighted by molar-refractivity contribution is 5.78. The number of halogens is 3. The highest BCUT2D eigenvalue weighted by Crippen LogP contribution is 2.30. The van der Waals surface area contributed by atoms with E-state index in [-0.39, 0.29) is 30.1 Å². The van der Waals surface area contributed by atoms with Crippen LogP contribution in [0.2, 0.25) is 0 Å². The smallest absolute Gasteiger partial charge is 0.273 e. The van der Waals surface area contributed by atoms with Gasteiger partial charge in [-0.15, -0.1) is 0 Å². The topological polar surface area (TPSA) is 81.9 Å². The summed E-state index contributed by atoms with van der Waals surface area (Å²) >= 11 is 0. The van der Waals surface area contributed by atoms with Crippen LogP contribution in [0.4, 0.5) is 19.0 Å². The zero-order valence-electron chi connectivity index (χ0n) is 16.4. The number of rotatable bonds is 6. The van der Waals surface area contributed by atoms with Crippen molar-refractivity contribution in [3.63, 3.8) is 0 Å². The van der Waals surface area contributed by atoms with Gasteiger partial charge < -0.3 is 0 Å². The molecule has 1 aromatic carbocycles. The number of nitrogens with zero attached hydrogens (tertiary/aromatic N) is 4. The van der Waals surface area contributed by atoms with Crippen molar-refractivity contribution in [3.8, 4) is 6.07 Å². The summed E-state index contributed by atoms with van der Waals surface area (Å²) in [4.78, 5) is 19.5. The van der Waals surface area contributed by atoms with Gasteiger partial charge in [0.2, 0.25) is 11.7 Å². The molecule has 0 bridgehead atoms. The lowest BCUT2D eigenvalue weighted by atomic mass is 9.96. The largest absolute Gasteiger partial charge is 0.433 e. The Kier molecular flexibility index (Phi) is 6.80. The normalized spacial score (nSPS) is 11.6. The Morgan fingerprint density at radius 3 is 2.38 bits per heavy atom. The molecule has 154 valence electrons. The lowest BCUT2D eigenvalue weighted by molar-refractivity contribution is -0.141. The fraction of sp³-hybridized carbons (Fsp3) is 0.400.